The van der Waals surface area contributed by atoms with Crippen molar-refractivity contribution in [2.24, 2.45) is 5.92 Å². The molecule has 1 aromatic carbocycles. The quantitative estimate of drug-likeness (QED) is 0.834. The van der Waals surface area contributed by atoms with Crippen molar-refractivity contribution in [3.8, 4) is 0 Å². The van der Waals surface area contributed by atoms with Gasteiger partial charge in [0.1, 0.15) is 5.60 Å². The topological polar surface area (TPSA) is 32.7 Å². The summed E-state index contributed by atoms with van der Waals surface area (Å²) in [6, 6.07) is 10.3. The molecule has 92 valence electrons. The fourth-order valence-corrected chi connectivity index (χ4v) is 3.11. The van der Waals surface area contributed by atoms with Crippen molar-refractivity contribution in [3.05, 3.63) is 35.9 Å². The summed E-state index contributed by atoms with van der Waals surface area (Å²) >= 11 is 0. The van der Waals surface area contributed by atoms with Crippen LogP contribution in [0.4, 0.5) is 0 Å². The molecule has 0 aromatic heterocycles. The molecule has 1 aliphatic heterocycles. The third-order valence-electron chi connectivity index (χ3n) is 4.18. The van der Waals surface area contributed by atoms with Crippen LogP contribution in [-0.4, -0.2) is 42.4 Å². The molecule has 2 aliphatic rings. The number of hydrogen-bond acceptors (Lipinski definition) is 3. The summed E-state index contributed by atoms with van der Waals surface area (Å²) in [5, 5.41) is 10.8. The second-order valence-corrected chi connectivity index (χ2v) is 5.07. The smallest absolute Gasteiger partial charge is 0.110 e. The normalized spacial score (nSPS) is 38.0. The fraction of sp³-hybridized carbons (Fsp3) is 0.571. The number of morpholine rings is 1. The maximum absolute atomic E-state index is 10.8. The summed E-state index contributed by atoms with van der Waals surface area (Å²) in [5.41, 5.74) is 0.391. The Hall–Kier alpha value is -0.900. The second-order valence-electron chi connectivity index (χ2n) is 5.07. The summed E-state index contributed by atoms with van der Waals surface area (Å²) in [4.78, 5) is 2.36. The van der Waals surface area contributed by atoms with Gasteiger partial charge in [0, 0.05) is 25.0 Å². The first kappa shape index (κ1) is 11.2. The highest BCUT2D eigenvalue weighted by molar-refractivity contribution is 5.34. The van der Waals surface area contributed by atoms with Gasteiger partial charge in [0.25, 0.3) is 0 Å². The lowest BCUT2D eigenvalue weighted by Crippen LogP contribution is -2.40. The second kappa shape index (κ2) is 4.09. The number of nitrogens with zero attached hydrogens (tertiary/aromatic N) is 1. The molecule has 1 saturated heterocycles. The lowest BCUT2D eigenvalue weighted by Gasteiger charge is -2.28. The van der Waals surface area contributed by atoms with Gasteiger partial charge >= 0.3 is 0 Å². The van der Waals surface area contributed by atoms with Crippen LogP contribution in [0.3, 0.4) is 0 Å². The minimum Gasteiger partial charge on any atom is -0.383 e. The van der Waals surface area contributed by atoms with Gasteiger partial charge in [-0.05, 0) is 5.56 Å². The Morgan fingerprint density at radius 3 is 2.53 bits per heavy atom. The van der Waals surface area contributed by atoms with Crippen LogP contribution in [0, 0.1) is 5.92 Å². The van der Waals surface area contributed by atoms with Gasteiger partial charge in [-0.25, -0.2) is 0 Å². The van der Waals surface area contributed by atoms with E-state index in [1.54, 1.807) is 0 Å². The van der Waals surface area contributed by atoms with Crippen molar-refractivity contribution >= 4 is 0 Å². The summed E-state index contributed by atoms with van der Waals surface area (Å²) < 4.78 is 5.36. The number of aliphatic hydroxyl groups is 1. The van der Waals surface area contributed by atoms with Crippen LogP contribution in [0.5, 0.6) is 0 Å². The summed E-state index contributed by atoms with van der Waals surface area (Å²) in [6.45, 7) is 5.57. The van der Waals surface area contributed by atoms with Gasteiger partial charge in [-0.1, -0.05) is 37.3 Å². The molecular formula is C14H19NO2. The maximum Gasteiger partial charge on any atom is 0.110 e. The highest BCUT2D eigenvalue weighted by atomic mass is 16.5. The number of ether oxygens (including phenoxy) is 1. The van der Waals surface area contributed by atoms with Crippen LogP contribution in [0.1, 0.15) is 12.5 Å². The molecule has 1 aliphatic carbocycles. The molecule has 0 amide bonds. The monoisotopic (exact) mass is 233 g/mol. The van der Waals surface area contributed by atoms with E-state index < -0.39 is 5.60 Å². The summed E-state index contributed by atoms with van der Waals surface area (Å²) in [7, 11) is 0. The predicted octanol–water partition coefficient (Wildman–Crippen LogP) is 1.22. The third kappa shape index (κ3) is 1.69. The van der Waals surface area contributed by atoms with E-state index in [4.69, 9.17) is 4.74 Å². The maximum atomic E-state index is 10.8. The average Bonchev–Trinajstić information content (AvgIpc) is 2.95. The molecule has 17 heavy (non-hydrogen) atoms. The minimum atomic E-state index is -0.654. The van der Waals surface area contributed by atoms with E-state index in [0.29, 0.717) is 5.92 Å². The molecule has 0 spiro atoms. The molecule has 3 heteroatoms. The Morgan fingerprint density at radius 2 is 1.88 bits per heavy atom. The standard InChI is InChI=1S/C14H19NO2/c1-11-13(15-7-9-17-10-8-15)14(11,16)12-5-3-2-4-6-12/h2-6,11,13,16H,7-10H2,1H3/t11-,13-,14+/m1/s1. The Bertz CT molecular complexity index is 388. The van der Waals surface area contributed by atoms with Crippen molar-refractivity contribution in [1.82, 2.24) is 4.90 Å². The van der Waals surface area contributed by atoms with Gasteiger partial charge in [-0.3, -0.25) is 4.90 Å². The zero-order valence-electron chi connectivity index (χ0n) is 10.2. The highest BCUT2D eigenvalue weighted by Crippen LogP contribution is 2.54. The van der Waals surface area contributed by atoms with Crippen molar-refractivity contribution < 1.29 is 9.84 Å². The van der Waals surface area contributed by atoms with Gasteiger partial charge in [0.2, 0.25) is 0 Å². The van der Waals surface area contributed by atoms with E-state index in [-0.39, 0.29) is 6.04 Å². The predicted molar refractivity (Wildman–Crippen MR) is 65.7 cm³/mol. The first-order valence-electron chi connectivity index (χ1n) is 6.34. The highest BCUT2D eigenvalue weighted by Gasteiger charge is 2.64. The van der Waals surface area contributed by atoms with E-state index >= 15 is 0 Å². The molecule has 3 atom stereocenters. The lowest BCUT2D eigenvalue weighted by molar-refractivity contribution is 0.0127. The van der Waals surface area contributed by atoms with Gasteiger partial charge in [0.15, 0.2) is 0 Å². The Labute approximate surface area is 102 Å². The summed E-state index contributed by atoms with van der Waals surface area (Å²) in [6.07, 6.45) is 0. The molecule has 0 bridgehead atoms. The Kier molecular flexibility index (Phi) is 2.69. The first-order valence-corrected chi connectivity index (χ1v) is 6.34. The number of benzene rings is 1. The van der Waals surface area contributed by atoms with Crippen molar-refractivity contribution in [2.75, 3.05) is 26.3 Å². The van der Waals surface area contributed by atoms with E-state index in [1.165, 1.54) is 0 Å². The van der Waals surface area contributed by atoms with E-state index in [0.717, 1.165) is 31.9 Å². The molecule has 0 radical (unpaired) electrons. The van der Waals surface area contributed by atoms with Crippen LogP contribution >= 0.6 is 0 Å². The summed E-state index contributed by atoms with van der Waals surface area (Å²) in [5.74, 6) is 0.308. The van der Waals surface area contributed by atoms with Crippen LogP contribution in [0.25, 0.3) is 0 Å². The number of hydrogen-bond donors (Lipinski definition) is 1. The zero-order chi connectivity index (χ0) is 11.9. The minimum absolute atomic E-state index is 0.258. The van der Waals surface area contributed by atoms with E-state index in [9.17, 15) is 5.11 Å². The largest absolute Gasteiger partial charge is 0.383 e. The van der Waals surface area contributed by atoms with Crippen LogP contribution < -0.4 is 0 Å². The molecule has 0 unspecified atom stereocenters. The third-order valence-corrected chi connectivity index (χ3v) is 4.18. The Balaban J connectivity index is 1.81. The zero-order valence-corrected chi connectivity index (χ0v) is 10.2. The van der Waals surface area contributed by atoms with Crippen molar-refractivity contribution in [3.63, 3.8) is 0 Å². The van der Waals surface area contributed by atoms with Gasteiger partial charge in [0.05, 0.1) is 13.2 Å². The lowest BCUT2D eigenvalue weighted by atomic mass is 10.1. The van der Waals surface area contributed by atoms with Gasteiger partial charge < -0.3 is 9.84 Å². The Morgan fingerprint density at radius 1 is 1.24 bits per heavy atom. The molecule has 1 saturated carbocycles. The fourth-order valence-electron chi connectivity index (χ4n) is 3.11. The molecule has 1 heterocycles. The first-order chi connectivity index (χ1) is 8.24. The average molecular weight is 233 g/mol. The van der Waals surface area contributed by atoms with Crippen LogP contribution in [0.15, 0.2) is 30.3 Å². The van der Waals surface area contributed by atoms with Crippen LogP contribution in [-0.2, 0) is 10.3 Å². The van der Waals surface area contributed by atoms with E-state index in [1.807, 2.05) is 30.3 Å². The molecule has 3 nitrogen and oxygen atoms in total. The van der Waals surface area contributed by atoms with Crippen molar-refractivity contribution in [2.45, 2.75) is 18.6 Å². The van der Waals surface area contributed by atoms with Crippen LogP contribution in [0.2, 0.25) is 0 Å². The van der Waals surface area contributed by atoms with E-state index in [2.05, 4.69) is 11.8 Å². The molecular weight excluding hydrogens is 214 g/mol. The molecule has 1 N–H and O–H groups in total. The molecule has 3 rings (SSSR count). The van der Waals surface area contributed by atoms with Gasteiger partial charge in [-0.2, -0.15) is 0 Å². The van der Waals surface area contributed by atoms with Crippen molar-refractivity contribution in [1.29, 1.82) is 0 Å². The number of rotatable bonds is 2. The molecule has 2 fully saturated rings. The SMILES string of the molecule is C[C@@H]1[C@@H](N2CCOCC2)[C@@]1(O)c1ccccc1. The molecule has 1 aromatic rings. The van der Waals surface area contributed by atoms with Gasteiger partial charge in [-0.15, -0.1) is 0 Å².